The van der Waals surface area contributed by atoms with Crippen LogP contribution in [-0.4, -0.2) is 124 Å². The third-order valence-electron chi connectivity index (χ3n) is 17.8. The molecule has 0 unspecified atom stereocenters. The number of aromatic nitrogens is 4. The summed E-state index contributed by atoms with van der Waals surface area (Å²) in [6.07, 6.45) is -17.1. The third-order valence-corrected chi connectivity index (χ3v) is 22.0. The van der Waals surface area contributed by atoms with Gasteiger partial charge in [-0.05, 0) is 189 Å². The molecular formula is C96H105Cl5F12N12O9S4. The van der Waals surface area contributed by atoms with Crippen molar-refractivity contribution in [2.45, 2.75) is 151 Å². The zero-order valence-electron chi connectivity index (χ0n) is 73.7. The van der Waals surface area contributed by atoms with Crippen molar-refractivity contribution in [2.75, 3.05) is 67.3 Å². The van der Waals surface area contributed by atoms with Gasteiger partial charge in [-0.1, -0.05) is 141 Å². The van der Waals surface area contributed by atoms with Gasteiger partial charge in [-0.2, -0.15) is 52.7 Å². The van der Waals surface area contributed by atoms with E-state index < -0.39 is 82.2 Å². The van der Waals surface area contributed by atoms with E-state index in [0.717, 1.165) is 83.1 Å². The lowest BCUT2D eigenvalue weighted by molar-refractivity contribution is -0.870. The van der Waals surface area contributed by atoms with Gasteiger partial charge in [0.05, 0.1) is 89.8 Å². The Morgan fingerprint density at radius 3 is 0.993 bits per heavy atom. The fourth-order valence-corrected chi connectivity index (χ4v) is 15.9. The molecule has 746 valence electrons. The lowest BCUT2D eigenvalue weighted by Crippen LogP contribution is -3.00. The molecule has 138 heavy (non-hydrogen) atoms. The molecule has 6 N–H and O–H groups in total. The van der Waals surface area contributed by atoms with Gasteiger partial charge < -0.3 is 53.2 Å². The van der Waals surface area contributed by atoms with Crippen LogP contribution >= 0.6 is 91.8 Å². The highest BCUT2D eigenvalue weighted by Gasteiger charge is 2.37. The number of hydrogen-bond acceptors (Lipinski definition) is 18. The van der Waals surface area contributed by atoms with Gasteiger partial charge in [0.25, 0.3) is 0 Å². The van der Waals surface area contributed by atoms with E-state index in [2.05, 4.69) is 35.9 Å². The summed E-state index contributed by atoms with van der Waals surface area (Å²) in [7, 11) is 6.06. The van der Waals surface area contributed by atoms with E-state index in [9.17, 15) is 81.5 Å². The van der Waals surface area contributed by atoms with Gasteiger partial charge >= 0.3 is 42.9 Å². The number of halogens is 17. The Balaban J connectivity index is 0.000000367. The van der Waals surface area contributed by atoms with Crippen LogP contribution in [-0.2, 0) is 53.4 Å². The number of aliphatic carboxylic acids is 1. The highest BCUT2D eigenvalue weighted by Crippen LogP contribution is 2.43. The van der Waals surface area contributed by atoms with Crippen LogP contribution in [0.2, 0.25) is 20.1 Å². The lowest BCUT2D eigenvalue weighted by atomic mass is 10.1. The minimum atomic E-state index is -4.57. The summed E-state index contributed by atoms with van der Waals surface area (Å²) in [5.74, 6) is -2.00. The molecule has 12 aromatic rings. The van der Waals surface area contributed by atoms with Crippen LogP contribution in [0.1, 0.15) is 137 Å². The molecule has 0 fully saturated rings. The van der Waals surface area contributed by atoms with E-state index in [1.807, 2.05) is 50.8 Å². The van der Waals surface area contributed by atoms with E-state index in [1.54, 1.807) is 137 Å². The largest absolute Gasteiger partial charge is 1.00 e. The standard InChI is InChI=1S/C25H25ClF3N3O3S.C23H24ClF3N3OS.C20H17ClF3N3OS.C16H10ClF3N2S.C9H17NO4.3CH4.ClH/c1-24(2,3)35-23(34)30-12-6-11-21(33)32(19-10-5-8-17(14-19)25(27,28)29)22-31-20(15-36-22)16-7-4-9-18(26)13-16;1-30(2,3)12-6-11-21(31)29(19-10-5-8-17(14-19)23(25,26)27)22-28-20(15-32-22)16-7-4-9-18(24)13-16;21-15-6-1-4-13(10-15)17-12-29-19(26-17)27(18(28)8-3-9-25)16-7-2-5-14(11-16)20(22,23)24;17-12-5-1-3-10(7-12)14-9-23-15(22-14)21-13-6-2-4-11(8-13)16(18,19)20;1-9(2,3)14-8(13)10-6-4-5-7(11)12;;;;/h4-5,7-10,13-15H,6,11-12H2,1-3H3,(H,30,34);4-5,7-10,13-15H,6,11-12H2,1-3H3;1-2,4-7,10-12H,3,8-9,25H2;1-9H,(H,21,22);4-6H2,1-3H3,(H,10,13)(H,11,12);3*1H4;1H/q;+1;;;;;;;/p-1. The second-order valence-corrected chi connectivity index (χ2v) is 37.2. The summed E-state index contributed by atoms with van der Waals surface area (Å²) < 4.78 is 168. The highest BCUT2D eigenvalue weighted by molar-refractivity contribution is 7.15. The van der Waals surface area contributed by atoms with Crippen molar-refractivity contribution in [2.24, 2.45) is 5.73 Å². The minimum absolute atomic E-state index is 0. The Morgan fingerprint density at radius 1 is 0.399 bits per heavy atom. The monoisotopic (exact) mass is 2100 g/mol. The molecule has 8 aromatic carbocycles. The molecule has 21 nitrogen and oxygen atoms in total. The Kier molecular flexibility index (Phi) is 46.7. The number of carbonyl (C=O) groups excluding carboxylic acids is 5. The van der Waals surface area contributed by atoms with Gasteiger partial charge in [0.1, 0.15) is 11.2 Å². The van der Waals surface area contributed by atoms with Crippen LogP contribution in [0.25, 0.3) is 45.0 Å². The zero-order chi connectivity index (χ0) is 98.7. The molecule has 12 rings (SSSR count). The van der Waals surface area contributed by atoms with Crippen LogP contribution in [0, 0.1) is 0 Å². The van der Waals surface area contributed by atoms with E-state index >= 15 is 0 Å². The van der Waals surface area contributed by atoms with Crippen LogP contribution < -0.4 is 48.8 Å². The number of hydrogen-bond donors (Lipinski definition) is 5. The first-order valence-corrected chi connectivity index (χ1v) is 45.8. The third kappa shape index (κ3) is 39.7. The lowest BCUT2D eigenvalue weighted by Gasteiger charge is -2.25. The van der Waals surface area contributed by atoms with Crippen LogP contribution in [0.3, 0.4) is 0 Å². The van der Waals surface area contributed by atoms with Gasteiger partial charge in [0.2, 0.25) is 17.7 Å². The van der Waals surface area contributed by atoms with Crippen molar-refractivity contribution in [1.82, 2.24) is 30.6 Å². The fourth-order valence-electron chi connectivity index (χ4n) is 11.8. The van der Waals surface area contributed by atoms with Crippen molar-refractivity contribution >= 4 is 171 Å². The number of carbonyl (C=O) groups is 6. The van der Waals surface area contributed by atoms with Gasteiger partial charge in [-0.25, -0.2) is 29.5 Å². The molecular weight excluding hydrogens is 2000 g/mol. The fraction of sp³-hybridized carbons (Fsp3) is 0.312. The molecule has 0 radical (unpaired) electrons. The molecule has 5 amide bonds. The molecule has 0 aliphatic carbocycles. The first-order chi connectivity index (χ1) is 62.8. The maximum absolute atomic E-state index is 13.4. The van der Waals surface area contributed by atoms with Crippen molar-refractivity contribution in [3.8, 4) is 45.0 Å². The first-order valence-electron chi connectivity index (χ1n) is 40.8. The number of nitrogens with zero attached hydrogens (tertiary/aromatic N) is 8. The summed E-state index contributed by atoms with van der Waals surface area (Å²) in [5, 5.41) is 26.8. The van der Waals surface area contributed by atoms with Crippen LogP contribution in [0.4, 0.5) is 106 Å². The Labute approximate surface area is 835 Å². The Morgan fingerprint density at radius 2 is 0.688 bits per heavy atom. The second-order valence-electron chi connectivity index (χ2n) is 32.1. The van der Waals surface area contributed by atoms with Gasteiger partial charge in [0.15, 0.2) is 20.5 Å². The summed E-state index contributed by atoms with van der Waals surface area (Å²) in [4.78, 5) is 93.7. The van der Waals surface area contributed by atoms with Crippen molar-refractivity contribution in [3.63, 3.8) is 0 Å². The van der Waals surface area contributed by atoms with E-state index in [0.29, 0.717) is 101 Å². The number of quaternary nitrogens is 1. The number of amides is 5. The molecule has 0 saturated heterocycles. The molecule has 4 aromatic heterocycles. The number of ether oxygens (including phenoxy) is 2. The Bertz CT molecular complexity index is 5940. The molecule has 0 spiro atoms. The molecule has 0 atom stereocenters. The number of carboxylic acid groups (broad SMARTS) is 1. The molecule has 0 saturated carbocycles. The van der Waals surface area contributed by atoms with Crippen molar-refractivity contribution in [1.29, 1.82) is 0 Å². The van der Waals surface area contributed by atoms with E-state index in [1.165, 1.54) is 91.2 Å². The van der Waals surface area contributed by atoms with Gasteiger partial charge in [-0.3, -0.25) is 33.9 Å². The van der Waals surface area contributed by atoms with Gasteiger partial charge in [-0.15, -0.1) is 45.3 Å². The number of benzene rings is 8. The first kappa shape index (κ1) is 119. The smallest absolute Gasteiger partial charge is 0.416 e. The summed E-state index contributed by atoms with van der Waals surface area (Å²) in [5.41, 5.74) is 7.22. The van der Waals surface area contributed by atoms with E-state index in [-0.39, 0.29) is 112 Å². The number of thiazole rings is 4. The molecule has 42 heteroatoms. The SMILES string of the molecule is C.C.C.CC(C)(C)OC(=O)NCCCC(=O)N(c1cccc(C(F)(F)F)c1)c1nc(-c2cccc(Cl)c2)cs1.CC(C)(C)OC(=O)NCCCC(=O)O.C[N+](C)(C)CCCC(=O)N(c1cccc(C(F)(F)F)c1)c1nc(-c2cccc(Cl)c2)cs1.FC(F)(F)c1cccc(Nc2nc(-c3cccc(Cl)c3)cs2)c1.NCCCC(=O)N(c1cccc(C(F)(F)F)c1)c1nc(-c2cccc(Cl)c2)cs1.[Cl-]. The quantitative estimate of drug-likeness (QED) is 0.0182. The topological polar surface area (TPSA) is 265 Å². The average Bonchev–Trinajstić information content (AvgIpc) is 1.38. The maximum atomic E-state index is 13.4. The molecule has 0 aliphatic heterocycles. The number of rotatable bonds is 27. The average molecular weight is 2100 g/mol. The number of alkyl carbamates (subject to hydrolysis) is 2. The number of alkyl halides is 12. The molecule has 0 bridgehead atoms. The number of nitrogens with one attached hydrogen (secondary N) is 3. The summed E-state index contributed by atoms with van der Waals surface area (Å²) >= 11 is 28.9. The number of anilines is 8. The molecule has 0 aliphatic rings. The van der Waals surface area contributed by atoms with Crippen molar-refractivity contribution in [3.05, 3.63) is 258 Å². The second kappa shape index (κ2) is 54.0. The number of nitrogens with two attached hydrogens (primary N) is 1. The highest BCUT2D eigenvalue weighted by atomic mass is 35.5. The summed E-state index contributed by atoms with van der Waals surface area (Å²) in [6.45, 7) is 12.0. The maximum Gasteiger partial charge on any atom is 0.416 e. The zero-order valence-corrected chi connectivity index (χ0v) is 80.7. The minimum Gasteiger partial charge on any atom is -1.00 e. The predicted octanol–water partition coefficient (Wildman–Crippen LogP) is 26.5. The normalized spacial score (nSPS) is 11.3. The van der Waals surface area contributed by atoms with Crippen molar-refractivity contribution < 1.29 is 113 Å². The van der Waals surface area contributed by atoms with Gasteiger partial charge in [0, 0.05) is 115 Å². The van der Waals surface area contributed by atoms with Crippen LogP contribution in [0.15, 0.2) is 216 Å². The Hall–Kier alpha value is -11.0. The summed E-state index contributed by atoms with van der Waals surface area (Å²) in [6, 6.07) is 47.3. The van der Waals surface area contributed by atoms with E-state index in [4.69, 9.17) is 66.7 Å². The number of carboxylic acids is 1. The van der Waals surface area contributed by atoms with Crippen LogP contribution in [0.5, 0.6) is 0 Å². The molecule has 4 heterocycles. The predicted molar refractivity (Wildman–Crippen MR) is 526 cm³/mol.